The molecule has 0 aromatic heterocycles. The van der Waals surface area contributed by atoms with Crippen LogP contribution in [0.2, 0.25) is 0 Å². The highest BCUT2D eigenvalue weighted by molar-refractivity contribution is 5.98. The number of aliphatic imine (C=N–C) groups is 1. The van der Waals surface area contributed by atoms with Gasteiger partial charge in [0.2, 0.25) is 0 Å². The lowest BCUT2D eigenvalue weighted by Gasteiger charge is -2.32. The van der Waals surface area contributed by atoms with Crippen LogP contribution in [0, 0.1) is 6.92 Å². The minimum absolute atomic E-state index is 0.128. The second-order valence-electron chi connectivity index (χ2n) is 9.07. The number of nitrogens with zero attached hydrogens (tertiary/aromatic N) is 3. The zero-order valence-electron chi connectivity index (χ0n) is 20.5. The lowest BCUT2D eigenvalue weighted by molar-refractivity contribution is 0.0664. The largest absolute Gasteiger partial charge is 0.369 e. The minimum Gasteiger partial charge on any atom is -0.369 e. The molecule has 1 aliphatic rings. The van der Waals surface area contributed by atoms with E-state index in [2.05, 4.69) is 72.2 Å². The van der Waals surface area contributed by atoms with E-state index in [1.54, 1.807) is 6.21 Å². The monoisotopic (exact) mass is 454 g/mol. The second kappa shape index (κ2) is 10.7. The lowest BCUT2D eigenvalue weighted by atomic mass is 10.0. The fraction of sp³-hybridized carbons (Fsp3) is 0.310. The molecular formula is C29H34N4O. The molecule has 0 bridgehead atoms. The number of hydrogen-bond acceptors (Lipinski definition) is 4. The van der Waals surface area contributed by atoms with Crippen molar-refractivity contribution in [3.05, 3.63) is 81.7 Å². The number of carbonyl (C=O) groups excluding carboxylic acids is 1. The van der Waals surface area contributed by atoms with Crippen molar-refractivity contribution in [3.8, 4) is 0 Å². The molecule has 34 heavy (non-hydrogen) atoms. The maximum absolute atomic E-state index is 12.9. The van der Waals surface area contributed by atoms with Gasteiger partial charge in [0.1, 0.15) is 5.82 Å². The van der Waals surface area contributed by atoms with Crippen molar-refractivity contribution in [2.75, 3.05) is 39.8 Å². The third-order valence-electron chi connectivity index (χ3n) is 6.43. The SMILES string of the molecule is C=c1ccc(C)c/c1=C(/N=C\C)NCCc1ccc2cc(C(=O)N3CCN(C)CC3)ccc2c1. The summed E-state index contributed by atoms with van der Waals surface area (Å²) in [5.74, 6) is 0.979. The van der Waals surface area contributed by atoms with E-state index >= 15 is 0 Å². The van der Waals surface area contributed by atoms with Crippen molar-refractivity contribution in [1.29, 1.82) is 0 Å². The van der Waals surface area contributed by atoms with Gasteiger partial charge in [0.25, 0.3) is 5.91 Å². The van der Waals surface area contributed by atoms with Crippen LogP contribution < -0.4 is 15.8 Å². The average Bonchev–Trinajstić information content (AvgIpc) is 2.84. The summed E-state index contributed by atoms with van der Waals surface area (Å²) in [5, 5.41) is 7.74. The number of piperazine rings is 1. The molecule has 0 atom stereocenters. The summed E-state index contributed by atoms with van der Waals surface area (Å²) in [6, 6.07) is 18.7. The van der Waals surface area contributed by atoms with Gasteiger partial charge in [-0.15, -0.1) is 0 Å². The molecule has 4 rings (SSSR count). The highest BCUT2D eigenvalue weighted by Crippen LogP contribution is 2.20. The average molecular weight is 455 g/mol. The summed E-state index contributed by atoms with van der Waals surface area (Å²) < 4.78 is 0. The molecule has 1 N–H and O–H groups in total. The van der Waals surface area contributed by atoms with E-state index in [0.717, 1.165) is 71.7 Å². The molecule has 176 valence electrons. The zero-order chi connectivity index (χ0) is 24.1. The van der Waals surface area contributed by atoms with Crippen molar-refractivity contribution >= 4 is 35.3 Å². The maximum atomic E-state index is 12.9. The molecule has 0 saturated carbocycles. The summed E-state index contributed by atoms with van der Waals surface area (Å²) in [5.41, 5.74) is 3.20. The number of nitrogens with one attached hydrogen (secondary N) is 1. The molecule has 0 radical (unpaired) electrons. The van der Waals surface area contributed by atoms with Crippen LogP contribution in [0.3, 0.4) is 0 Å². The Labute approximate surface area is 202 Å². The van der Waals surface area contributed by atoms with Gasteiger partial charge in [-0.25, -0.2) is 4.99 Å². The number of fused-ring (bicyclic) bond motifs is 1. The first kappa shape index (κ1) is 23.7. The Bertz CT molecular complexity index is 1320. The Morgan fingerprint density at radius 1 is 1.03 bits per heavy atom. The van der Waals surface area contributed by atoms with E-state index in [-0.39, 0.29) is 5.91 Å². The summed E-state index contributed by atoms with van der Waals surface area (Å²) >= 11 is 0. The Morgan fingerprint density at radius 3 is 2.53 bits per heavy atom. The van der Waals surface area contributed by atoms with Gasteiger partial charge in [-0.05, 0) is 67.1 Å². The van der Waals surface area contributed by atoms with Crippen molar-refractivity contribution in [2.24, 2.45) is 4.99 Å². The van der Waals surface area contributed by atoms with E-state index in [1.807, 2.05) is 30.0 Å². The van der Waals surface area contributed by atoms with Crippen LogP contribution in [0.25, 0.3) is 23.2 Å². The predicted molar refractivity (Wildman–Crippen MR) is 143 cm³/mol. The normalized spacial score (nSPS) is 15.7. The number of hydrogen-bond donors (Lipinski definition) is 1. The summed E-state index contributed by atoms with van der Waals surface area (Å²) in [6.45, 7) is 12.4. The fourth-order valence-corrected chi connectivity index (χ4v) is 4.35. The molecule has 1 amide bonds. The van der Waals surface area contributed by atoms with Gasteiger partial charge in [0, 0.05) is 49.7 Å². The molecule has 3 aromatic carbocycles. The molecule has 5 heteroatoms. The third kappa shape index (κ3) is 5.54. The molecule has 1 heterocycles. The fourth-order valence-electron chi connectivity index (χ4n) is 4.35. The van der Waals surface area contributed by atoms with E-state index in [4.69, 9.17) is 0 Å². The Hall–Kier alpha value is -3.44. The summed E-state index contributed by atoms with van der Waals surface area (Å²) in [7, 11) is 2.10. The molecule has 1 aliphatic heterocycles. The minimum atomic E-state index is 0.128. The first-order chi connectivity index (χ1) is 16.4. The van der Waals surface area contributed by atoms with Crippen molar-refractivity contribution in [2.45, 2.75) is 20.3 Å². The van der Waals surface area contributed by atoms with Crippen LogP contribution in [-0.2, 0) is 6.42 Å². The predicted octanol–water partition coefficient (Wildman–Crippen LogP) is 2.93. The van der Waals surface area contributed by atoms with Crippen LogP contribution >= 0.6 is 0 Å². The van der Waals surface area contributed by atoms with Crippen LogP contribution in [-0.4, -0.2) is 61.7 Å². The Balaban J connectivity index is 1.46. The molecule has 5 nitrogen and oxygen atoms in total. The molecule has 1 fully saturated rings. The van der Waals surface area contributed by atoms with Crippen LogP contribution in [0.5, 0.6) is 0 Å². The highest BCUT2D eigenvalue weighted by Gasteiger charge is 2.20. The van der Waals surface area contributed by atoms with Gasteiger partial charge in [-0.2, -0.15) is 0 Å². The number of amides is 1. The van der Waals surface area contributed by atoms with Gasteiger partial charge in [-0.1, -0.05) is 48.5 Å². The highest BCUT2D eigenvalue weighted by atomic mass is 16.2. The van der Waals surface area contributed by atoms with Gasteiger partial charge < -0.3 is 15.1 Å². The van der Waals surface area contributed by atoms with Gasteiger partial charge in [0.15, 0.2) is 0 Å². The van der Waals surface area contributed by atoms with E-state index in [0.29, 0.717) is 0 Å². The number of carbonyl (C=O) groups is 1. The number of benzene rings is 3. The zero-order valence-corrected chi connectivity index (χ0v) is 20.5. The van der Waals surface area contributed by atoms with Crippen LogP contribution in [0.1, 0.15) is 28.4 Å². The molecule has 0 unspecified atom stereocenters. The Morgan fingerprint density at radius 2 is 1.76 bits per heavy atom. The first-order valence-electron chi connectivity index (χ1n) is 12.0. The molecule has 1 saturated heterocycles. The molecule has 0 aliphatic carbocycles. The number of aryl methyl sites for hydroxylation is 1. The smallest absolute Gasteiger partial charge is 0.253 e. The summed E-state index contributed by atoms with van der Waals surface area (Å²) in [4.78, 5) is 21.7. The molecule has 3 aromatic rings. The van der Waals surface area contributed by atoms with Gasteiger partial charge in [0.05, 0.1) is 0 Å². The maximum Gasteiger partial charge on any atom is 0.253 e. The van der Waals surface area contributed by atoms with Crippen molar-refractivity contribution in [1.82, 2.24) is 15.1 Å². The topological polar surface area (TPSA) is 47.9 Å². The van der Waals surface area contributed by atoms with Gasteiger partial charge >= 0.3 is 0 Å². The Kier molecular flexibility index (Phi) is 7.43. The summed E-state index contributed by atoms with van der Waals surface area (Å²) in [6.07, 6.45) is 2.68. The number of likely N-dealkylation sites (N-methyl/N-ethyl adjacent to an activating group) is 1. The van der Waals surface area contributed by atoms with Crippen LogP contribution in [0.4, 0.5) is 0 Å². The number of rotatable bonds is 6. The lowest BCUT2D eigenvalue weighted by Crippen LogP contribution is -2.47. The van der Waals surface area contributed by atoms with E-state index in [9.17, 15) is 4.79 Å². The second-order valence-corrected chi connectivity index (χ2v) is 9.07. The molecule has 0 spiro atoms. The standard InChI is InChI=1S/C29H34N4O/c1-5-30-28(27-18-21(2)6-7-22(27)3)31-13-12-23-8-9-25-20-26(11-10-24(25)19-23)29(34)33-16-14-32(4)15-17-33/h5-11,18-20,31H,3,12-17H2,1-2,4H3/b28-27+,30-5-. The quantitative estimate of drug-likeness (QED) is 0.583. The van der Waals surface area contributed by atoms with Gasteiger partial charge in [-0.3, -0.25) is 4.79 Å². The van der Waals surface area contributed by atoms with Crippen molar-refractivity contribution in [3.63, 3.8) is 0 Å². The first-order valence-corrected chi connectivity index (χ1v) is 12.0. The third-order valence-corrected chi connectivity index (χ3v) is 6.43. The van der Waals surface area contributed by atoms with Crippen molar-refractivity contribution < 1.29 is 4.79 Å². The van der Waals surface area contributed by atoms with E-state index < -0.39 is 0 Å². The molecular weight excluding hydrogens is 420 g/mol. The van der Waals surface area contributed by atoms with E-state index in [1.165, 1.54) is 11.1 Å². The van der Waals surface area contributed by atoms with Crippen LogP contribution in [0.15, 0.2) is 59.6 Å².